The van der Waals surface area contributed by atoms with Gasteiger partial charge in [0, 0.05) is 16.9 Å². The van der Waals surface area contributed by atoms with E-state index in [1.807, 2.05) is 20.8 Å². The molecule has 1 aromatic carbocycles. The Bertz CT molecular complexity index is 1270. The lowest BCUT2D eigenvalue weighted by molar-refractivity contribution is -0.120. The second kappa shape index (κ2) is 11.8. The van der Waals surface area contributed by atoms with E-state index in [4.69, 9.17) is 9.15 Å². The van der Waals surface area contributed by atoms with Crippen LogP contribution in [0.3, 0.4) is 0 Å². The van der Waals surface area contributed by atoms with Gasteiger partial charge in [0.15, 0.2) is 0 Å². The summed E-state index contributed by atoms with van der Waals surface area (Å²) in [6.07, 6.45) is 1.48. The minimum absolute atomic E-state index is 0.0945. The summed E-state index contributed by atoms with van der Waals surface area (Å²) in [6.45, 7) is 9.40. The highest BCUT2D eigenvalue weighted by Crippen LogP contribution is 2.41. The molecule has 0 bridgehead atoms. The van der Waals surface area contributed by atoms with E-state index in [2.05, 4.69) is 22.0 Å². The Labute approximate surface area is 220 Å². The average Bonchev–Trinajstić information content (AvgIpc) is 3.36. The van der Waals surface area contributed by atoms with E-state index < -0.39 is 17.8 Å². The molecule has 3 N–H and O–H groups in total. The van der Waals surface area contributed by atoms with Gasteiger partial charge in [-0.1, -0.05) is 11.8 Å². The van der Waals surface area contributed by atoms with Crippen molar-refractivity contribution in [3.05, 3.63) is 75.9 Å². The number of nitriles is 1. The van der Waals surface area contributed by atoms with Crippen LogP contribution >= 0.6 is 11.8 Å². The van der Waals surface area contributed by atoms with Crippen molar-refractivity contribution in [3.8, 4) is 6.07 Å². The molecule has 0 saturated heterocycles. The van der Waals surface area contributed by atoms with Gasteiger partial charge in [0.1, 0.15) is 5.76 Å². The zero-order valence-corrected chi connectivity index (χ0v) is 22.2. The number of rotatable bonds is 8. The smallest absolute Gasteiger partial charge is 0.338 e. The Balaban J connectivity index is 1.87. The molecule has 1 unspecified atom stereocenters. The molecule has 194 valence electrons. The van der Waals surface area contributed by atoms with Gasteiger partial charge in [0.25, 0.3) is 5.91 Å². The number of benzene rings is 1. The summed E-state index contributed by atoms with van der Waals surface area (Å²) in [5, 5.41) is 19.4. The monoisotopic (exact) mass is 522 g/mol. The van der Waals surface area contributed by atoms with E-state index in [0.717, 1.165) is 0 Å². The maximum Gasteiger partial charge on any atom is 0.338 e. The van der Waals surface area contributed by atoms with Gasteiger partial charge in [-0.2, -0.15) is 5.26 Å². The van der Waals surface area contributed by atoms with Crippen LogP contribution in [0.4, 0.5) is 5.69 Å². The average molecular weight is 523 g/mol. The van der Waals surface area contributed by atoms with Crippen LogP contribution in [0.5, 0.6) is 0 Å². The van der Waals surface area contributed by atoms with Crippen LogP contribution in [0.15, 0.2) is 69.0 Å². The first kappa shape index (κ1) is 27.6. The highest BCUT2D eigenvalue weighted by Gasteiger charge is 2.36. The number of allylic oxidation sites excluding steroid dienone is 2. The van der Waals surface area contributed by atoms with Crippen molar-refractivity contribution < 1.29 is 23.5 Å². The van der Waals surface area contributed by atoms with Gasteiger partial charge >= 0.3 is 5.97 Å². The summed E-state index contributed by atoms with van der Waals surface area (Å²) in [6, 6.07) is 11.9. The molecule has 1 aliphatic rings. The number of nitrogens with one attached hydrogen (secondary N) is 3. The van der Waals surface area contributed by atoms with Crippen molar-refractivity contribution in [1.29, 1.82) is 5.26 Å². The van der Waals surface area contributed by atoms with E-state index in [9.17, 15) is 19.6 Å². The molecule has 1 aliphatic heterocycles. The molecule has 0 spiro atoms. The van der Waals surface area contributed by atoms with Crippen LogP contribution in [0, 0.1) is 11.3 Å². The Morgan fingerprint density at radius 1 is 1.19 bits per heavy atom. The van der Waals surface area contributed by atoms with Crippen LogP contribution in [0.2, 0.25) is 0 Å². The minimum atomic E-state index is -0.770. The lowest BCUT2D eigenvalue weighted by Gasteiger charge is -2.28. The number of esters is 1. The number of furan rings is 1. The molecule has 0 saturated carbocycles. The second-order valence-corrected chi connectivity index (χ2v) is 10.3. The Kier molecular flexibility index (Phi) is 8.84. The maximum atomic E-state index is 13.5. The Morgan fingerprint density at radius 3 is 2.46 bits per heavy atom. The number of ether oxygens (including phenoxy) is 1. The first-order chi connectivity index (χ1) is 17.5. The van der Waals surface area contributed by atoms with Crippen molar-refractivity contribution >= 4 is 35.2 Å². The Hall–Kier alpha value is -3.97. The summed E-state index contributed by atoms with van der Waals surface area (Å²) in [5.41, 5.74) is 1.57. The van der Waals surface area contributed by atoms with Gasteiger partial charge in [0.2, 0.25) is 5.91 Å². The Morgan fingerprint density at radius 2 is 1.89 bits per heavy atom. The topological polar surface area (TPSA) is 133 Å². The fraction of sp³-hybridized carbons (Fsp3) is 0.333. The molecule has 0 fully saturated rings. The summed E-state index contributed by atoms with van der Waals surface area (Å²) in [4.78, 5) is 37.7. The van der Waals surface area contributed by atoms with Gasteiger partial charge in [-0.3, -0.25) is 9.59 Å². The summed E-state index contributed by atoms with van der Waals surface area (Å²) in [5.74, 6) is -1.30. The molecule has 3 rings (SSSR count). The summed E-state index contributed by atoms with van der Waals surface area (Å²) >= 11 is 1.19. The van der Waals surface area contributed by atoms with Crippen molar-refractivity contribution in [3.63, 3.8) is 0 Å². The standard InChI is InChI=1S/C27H30N4O5S/c1-6-35-26(34)17-9-11-18(12-10-17)30-24(33)22-16(2)29-25(37-15-21(32)31-27(3,4)5)19(14-28)23(22)20-8-7-13-36-20/h7-13,23,29H,6,15H2,1-5H3,(H,30,33)(H,31,32). The van der Waals surface area contributed by atoms with Crippen LogP contribution in [0.25, 0.3) is 0 Å². The summed E-state index contributed by atoms with van der Waals surface area (Å²) in [7, 11) is 0. The van der Waals surface area contributed by atoms with Crippen molar-refractivity contribution in [2.24, 2.45) is 0 Å². The fourth-order valence-corrected chi connectivity index (χ4v) is 4.65. The normalized spacial score (nSPS) is 15.5. The third kappa shape index (κ3) is 7.05. The largest absolute Gasteiger partial charge is 0.468 e. The lowest BCUT2D eigenvalue weighted by atomic mass is 9.85. The predicted molar refractivity (Wildman–Crippen MR) is 141 cm³/mol. The molecule has 0 radical (unpaired) electrons. The first-order valence-corrected chi connectivity index (χ1v) is 12.7. The highest BCUT2D eigenvalue weighted by molar-refractivity contribution is 8.03. The number of amides is 2. The van der Waals surface area contributed by atoms with Crippen molar-refractivity contribution in [1.82, 2.24) is 10.6 Å². The fourth-order valence-electron chi connectivity index (χ4n) is 3.76. The van der Waals surface area contributed by atoms with E-state index in [-0.39, 0.29) is 29.4 Å². The predicted octanol–water partition coefficient (Wildman–Crippen LogP) is 4.44. The quantitative estimate of drug-likeness (QED) is 0.433. The molecule has 1 atom stereocenters. The van der Waals surface area contributed by atoms with Gasteiger partial charge in [-0.25, -0.2) is 4.79 Å². The molecular formula is C27H30N4O5S. The number of hydrogen-bond acceptors (Lipinski definition) is 8. The first-order valence-electron chi connectivity index (χ1n) is 11.7. The molecular weight excluding hydrogens is 492 g/mol. The molecule has 9 nitrogen and oxygen atoms in total. The number of anilines is 1. The molecule has 10 heteroatoms. The second-order valence-electron chi connectivity index (χ2n) is 9.31. The van der Waals surface area contributed by atoms with Crippen molar-refractivity contribution in [2.75, 3.05) is 17.7 Å². The third-order valence-electron chi connectivity index (χ3n) is 5.24. The molecule has 2 aromatic rings. The maximum absolute atomic E-state index is 13.5. The third-order valence-corrected chi connectivity index (χ3v) is 6.25. The number of hydrogen-bond donors (Lipinski definition) is 3. The molecule has 0 aliphatic carbocycles. The summed E-state index contributed by atoms with van der Waals surface area (Å²) < 4.78 is 10.6. The molecule has 37 heavy (non-hydrogen) atoms. The number of dihydropyridines is 1. The van der Waals surface area contributed by atoms with Crippen LogP contribution in [-0.4, -0.2) is 35.7 Å². The van der Waals surface area contributed by atoms with Crippen LogP contribution in [0.1, 0.15) is 56.7 Å². The van der Waals surface area contributed by atoms with E-state index in [0.29, 0.717) is 33.3 Å². The number of carbonyl (C=O) groups is 3. The van der Waals surface area contributed by atoms with Gasteiger partial charge in [0.05, 0.1) is 52.3 Å². The zero-order chi connectivity index (χ0) is 27.2. The van der Waals surface area contributed by atoms with Gasteiger partial charge < -0.3 is 25.1 Å². The number of thioether (sulfide) groups is 1. The van der Waals surface area contributed by atoms with Gasteiger partial charge in [-0.05, 0) is 71.0 Å². The van der Waals surface area contributed by atoms with Crippen molar-refractivity contribution in [2.45, 2.75) is 46.1 Å². The lowest BCUT2D eigenvalue weighted by Crippen LogP contribution is -2.41. The molecule has 1 aromatic heterocycles. The van der Waals surface area contributed by atoms with E-state index in [1.165, 1.54) is 18.0 Å². The molecule has 2 heterocycles. The zero-order valence-electron chi connectivity index (χ0n) is 21.4. The van der Waals surface area contributed by atoms with Crippen LogP contribution in [-0.2, 0) is 14.3 Å². The number of carbonyl (C=O) groups excluding carboxylic acids is 3. The van der Waals surface area contributed by atoms with E-state index >= 15 is 0 Å². The number of nitrogens with zero attached hydrogens (tertiary/aromatic N) is 1. The highest BCUT2D eigenvalue weighted by atomic mass is 32.2. The molecule has 2 amide bonds. The SMILES string of the molecule is CCOC(=O)c1ccc(NC(=O)C2=C(C)NC(SCC(=O)NC(C)(C)C)=C(C#N)C2c2ccco2)cc1. The minimum Gasteiger partial charge on any atom is -0.468 e. The van der Waals surface area contributed by atoms with Crippen LogP contribution < -0.4 is 16.0 Å². The van der Waals surface area contributed by atoms with Gasteiger partial charge in [-0.15, -0.1) is 0 Å². The van der Waals surface area contributed by atoms with E-state index in [1.54, 1.807) is 50.2 Å².